The SMILES string of the molecule is ClC1CCN=C2CCc3ccccc3C21. The van der Waals surface area contributed by atoms with Gasteiger partial charge in [-0.25, -0.2) is 0 Å². The Balaban J connectivity index is 2.11. The van der Waals surface area contributed by atoms with Gasteiger partial charge in [0.15, 0.2) is 0 Å². The van der Waals surface area contributed by atoms with E-state index in [1.54, 1.807) is 0 Å². The van der Waals surface area contributed by atoms with E-state index in [-0.39, 0.29) is 5.38 Å². The van der Waals surface area contributed by atoms with E-state index in [0.29, 0.717) is 5.92 Å². The predicted octanol–water partition coefficient (Wildman–Crippen LogP) is 3.17. The van der Waals surface area contributed by atoms with Gasteiger partial charge in [-0.15, -0.1) is 11.6 Å². The first-order chi connectivity index (χ1) is 7.36. The summed E-state index contributed by atoms with van der Waals surface area (Å²) in [6.45, 7) is 0.919. The molecule has 0 spiro atoms. The normalized spacial score (nSPS) is 29.0. The van der Waals surface area contributed by atoms with Crippen LogP contribution in [0, 0.1) is 0 Å². The van der Waals surface area contributed by atoms with E-state index in [4.69, 9.17) is 11.6 Å². The van der Waals surface area contributed by atoms with Gasteiger partial charge in [-0.2, -0.15) is 0 Å². The number of hydrogen-bond donors (Lipinski definition) is 0. The van der Waals surface area contributed by atoms with Crippen LogP contribution < -0.4 is 0 Å². The molecule has 1 aliphatic carbocycles. The van der Waals surface area contributed by atoms with E-state index >= 15 is 0 Å². The highest BCUT2D eigenvalue weighted by molar-refractivity contribution is 6.23. The zero-order valence-corrected chi connectivity index (χ0v) is 9.37. The Labute approximate surface area is 95.2 Å². The van der Waals surface area contributed by atoms with Gasteiger partial charge in [-0.1, -0.05) is 24.3 Å². The molecule has 78 valence electrons. The number of benzene rings is 1. The number of rotatable bonds is 0. The van der Waals surface area contributed by atoms with E-state index in [1.807, 2.05) is 0 Å². The molecular weight excluding hydrogens is 206 g/mol. The molecule has 1 nitrogen and oxygen atoms in total. The molecule has 1 aromatic rings. The smallest absolute Gasteiger partial charge is 0.0474 e. The second kappa shape index (κ2) is 3.64. The Morgan fingerprint density at radius 3 is 3.00 bits per heavy atom. The first-order valence-electron chi connectivity index (χ1n) is 5.61. The maximum Gasteiger partial charge on any atom is 0.0474 e. The minimum Gasteiger partial charge on any atom is -0.293 e. The Hall–Kier alpha value is -0.820. The van der Waals surface area contributed by atoms with Crippen LogP contribution in [-0.2, 0) is 6.42 Å². The van der Waals surface area contributed by atoms with E-state index in [2.05, 4.69) is 29.3 Å². The number of halogens is 1. The highest BCUT2D eigenvalue weighted by atomic mass is 35.5. The predicted molar refractivity (Wildman–Crippen MR) is 64.1 cm³/mol. The standard InChI is InChI=1S/C13H14ClN/c14-11-7-8-15-12-6-5-9-3-1-2-4-10(9)13(11)12/h1-4,11,13H,5-8H2. The third kappa shape index (κ3) is 1.50. The van der Waals surface area contributed by atoms with Crippen LogP contribution in [0.15, 0.2) is 29.3 Å². The number of aliphatic imine (C=N–C) groups is 1. The summed E-state index contributed by atoms with van der Waals surface area (Å²) >= 11 is 6.44. The molecule has 0 fully saturated rings. The Kier molecular flexibility index (Phi) is 2.28. The van der Waals surface area contributed by atoms with Crippen LogP contribution in [0.4, 0.5) is 0 Å². The Bertz CT molecular complexity index is 411. The summed E-state index contributed by atoms with van der Waals surface area (Å²) in [5.41, 5.74) is 4.22. The Morgan fingerprint density at radius 1 is 1.20 bits per heavy atom. The van der Waals surface area contributed by atoms with Crippen LogP contribution in [0.1, 0.15) is 29.9 Å². The molecule has 0 aromatic heterocycles. The van der Waals surface area contributed by atoms with Gasteiger partial charge in [0, 0.05) is 23.6 Å². The largest absolute Gasteiger partial charge is 0.293 e. The molecule has 3 rings (SSSR count). The summed E-state index contributed by atoms with van der Waals surface area (Å²) in [5.74, 6) is 0.394. The molecule has 0 N–H and O–H groups in total. The molecule has 1 heterocycles. The molecule has 2 unspecified atom stereocenters. The summed E-state index contributed by atoms with van der Waals surface area (Å²) in [6, 6.07) is 8.67. The highest BCUT2D eigenvalue weighted by Crippen LogP contribution is 2.37. The molecule has 2 aliphatic rings. The van der Waals surface area contributed by atoms with Gasteiger partial charge in [0.25, 0.3) is 0 Å². The van der Waals surface area contributed by atoms with Crippen molar-refractivity contribution < 1.29 is 0 Å². The fraction of sp³-hybridized carbons (Fsp3) is 0.462. The minimum absolute atomic E-state index is 0.249. The van der Waals surface area contributed by atoms with Crippen molar-refractivity contribution >= 4 is 17.3 Å². The number of hydrogen-bond acceptors (Lipinski definition) is 1. The number of alkyl halides is 1. The molecule has 0 saturated carbocycles. The van der Waals surface area contributed by atoms with Crippen molar-refractivity contribution in [3.8, 4) is 0 Å². The van der Waals surface area contributed by atoms with Crippen LogP contribution in [0.5, 0.6) is 0 Å². The summed E-state index contributed by atoms with van der Waals surface area (Å²) in [4.78, 5) is 4.63. The van der Waals surface area contributed by atoms with Crippen molar-refractivity contribution in [3.63, 3.8) is 0 Å². The summed E-state index contributed by atoms with van der Waals surface area (Å²) in [5, 5.41) is 0.249. The lowest BCUT2D eigenvalue weighted by Crippen LogP contribution is -2.31. The van der Waals surface area contributed by atoms with Crippen molar-refractivity contribution in [3.05, 3.63) is 35.4 Å². The van der Waals surface area contributed by atoms with Gasteiger partial charge >= 0.3 is 0 Å². The molecule has 1 aromatic carbocycles. The zero-order valence-electron chi connectivity index (χ0n) is 8.62. The quantitative estimate of drug-likeness (QED) is 0.595. The molecular formula is C13H14ClN. The molecule has 15 heavy (non-hydrogen) atoms. The fourth-order valence-corrected chi connectivity index (χ4v) is 3.12. The van der Waals surface area contributed by atoms with Gasteiger partial charge in [0.05, 0.1) is 0 Å². The summed E-state index contributed by atoms with van der Waals surface area (Å²) in [6.07, 6.45) is 3.25. The second-order valence-corrected chi connectivity index (χ2v) is 4.91. The van der Waals surface area contributed by atoms with Crippen LogP contribution >= 0.6 is 11.6 Å². The van der Waals surface area contributed by atoms with Crippen molar-refractivity contribution in [2.24, 2.45) is 4.99 Å². The fourth-order valence-electron chi connectivity index (χ4n) is 2.74. The van der Waals surface area contributed by atoms with Gasteiger partial charge in [0.1, 0.15) is 0 Å². The molecule has 2 atom stereocenters. The van der Waals surface area contributed by atoms with Crippen LogP contribution in [-0.4, -0.2) is 17.6 Å². The van der Waals surface area contributed by atoms with E-state index in [0.717, 1.165) is 25.8 Å². The highest BCUT2D eigenvalue weighted by Gasteiger charge is 2.33. The van der Waals surface area contributed by atoms with Crippen molar-refractivity contribution in [1.82, 2.24) is 0 Å². The number of fused-ring (bicyclic) bond motifs is 3. The van der Waals surface area contributed by atoms with Crippen molar-refractivity contribution in [2.45, 2.75) is 30.6 Å². The van der Waals surface area contributed by atoms with Crippen molar-refractivity contribution in [2.75, 3.05) is 6.54 Å². The molecule has 2 heteroatoms. The summed E-state index contributed by atoms with van der Waals surface area (Å²) < 4.78 is 0. The van der Waals surface area contributed by atoms with Gasteiger partial charge in [-0.3, -0.25) is 4.99 Å². The molecule has 0 bridgehead atoms. The number of aryl methyl sites for hydroxylation is 1. The lowest BCUT2D eigenvalue weighted by atomic mass is 9.77. The molecule has 0 radical (unpaired) electrons. The minimum atomic E-state index is 0.249. The molecule has 0 amide bonds. The third-order valence-electron chi connectivity index (χ3n) is 3.48. The first-order valence-corrected chi connectivity index (χ1v) is 6.05. The van der Waals surface area contributed by atoms with Crippen LogP contribution in [0.2, 0.25) is 0 Å². The average Bonchev–Trinajstić information content (AvgIpc) is 2.29. The van der Waals surface area contributed by atoms with E-state index in [1.165, 1.54) is 16.8 Å². The maximum absolute atomic E-state index is 6.44. The zero-order chi connectivity index (χ0) is 10.3. The third-order valence-corrected chi connectivity index (χ3v) is 3.95. The lowest BCUT2D eigenvalue weighted by molar-refractivity contribution is 0.647. The first kappa shape index (κ1) is 9.41. The van der Waals surface area contributed by atoms with Gasteiger partial charge < -0.3 is 0 Å². The maximum atomic E-state index is 6.44. The van der Waals surface area contributed by atoms with Crippen molar-refractivity contribution in [1.29, 1.82) is 0 Å². The lowest BCUT2D eigenvalue weighted by Gasteiger charge is -2.33. The van der Waals surface area contributed by atoms with Gasteiger partial charge in [0.2, 0.25) is 0 Å². The Morgan fingerprint density at radius 2 is 2.07 bits per heavy atom. The van der Waals surface area contributed by atoms with E-state index in [9.17, 15) is 0 Å². The monoisotopic (exact) mass is 219 g/mol. The summed E-state index contributed by atoms with van der Waals surface area (Å²) in [7, 11) is 0. The van der Waals surface area contributed by atoms with Crippen LogP contribution in [0.25, 0.3) is 0 Å². The molecule has 1 aliphatic heterocycles. The average molecular weight is 220 g/mol. The van der Waals surface area contributed by atoms with E-state index < -0.39 is 0 Å². The second-order valence-electron chi connectivity index (χ2n) is 4.35. The van der Waals surface area contributed by atoms with Gasteiger partial charge in [-0.05, 0) is 30.4 Å². The van der Waals surface area contributed by atoms with Crippen LogP contribution in [0.3, 0.4) is 0 Å². The molecule has 0 saturated heterocycles. The topological polar surface area (TPSA) is 12.4 Å². The number of nitrogens with zero attached hydrogens (tertiary/aromatic N) is 1.